The van der Waals surface area contributed by atoms with Gasteiger partial charge in [-0.15, -0.1) is 39.3 Å². The second-order valence-electron chi connectivity index (χ2n) is 36.2. The minimum absolute atomic E-state index is 0.0159. The summed E-state index contributed by atoms with van der Waals surface area (Å²) in [6.07, 6.45) is 0. The van der Waals surface area contributed by atoms with Crippen LogP contribution in [0.3, 0.4) is 0 Å². The van der Waals surface area contributed by atoms with E-state index in [4.69, 9.17) is 0 Å². The van der Waals surface area contributed by atoms with Crippen LogP contribution in [0, 0.1) is 76.4 Å². The van der Waals surface area contributed by atoms with E-state index < -0.39 is 0 Å². The van der Waals surface area contributed by atoms with Gasteiger partial charge in [-0.25, -0.2) is 26.3 Å². The standard InChI is InChI=1S/C22H30FNOP.2C19H24FNOP.C16H18FNOP.2C15H16FNOP.6ClH.6Ti/c1-21(2,3)15-11-17(22(4,5)6)20(25)19(12-15)26-18-9-8-16(23)10-14(18)13-24-7;1-12-8-14(19(2,3)4)10-17(18(12)22)23-16-7-6-15(20)9-13(16)11-21-5;1-12-8-15(19(2,3)4)18(22)17(9-12)23-16-7-6-14(20)10-13(16)11-21-5;1-10-6-11(2)16(19)15(7-10)20-14-5-4-13(17)8-12(14)9-18-3;1-10-3-5-13(18)15(7-10)19-14-6-4-12(16)8-11(14)9-17-2;1-10-4-3-5-14(15(10)18)19-13-7-6-12(16)8-11(13)9-17-2;;;;;;;;;;;;/h8-12,25-26H,13H2,1-7H3;2*6-10,22-23H,11H2,1-5H3;4-8,19-20H,9H2,1-3H3;2*3-8,18-19H,9H2,1-2H3;6*1H;;;;;;/q6*-1;;;;;;;6*+2/p-6. The number of nitrogens with zero attached hydrogens (tertiary/aromatic N) is 6. The second kappa shape index (κ2) is 71.3. The topological polar surface area (TPSA) is 206 Å². The molecule has 756 valence electrons. The number of phenols is 6. The van der Waals surface area contributed by atoms with Crippen molar-refractivity contribution in [2.24, 2.45) is 0 Å². The molecular weight excluding hydrogens is 2250 g/mol. The van der Waals surface area contributed by atoms with E-state index in [0.717, 1.165) is 142 Å². The van der Waals surface area contributed by atoms with E-state index in [1.54, 1.807) is 84.8 Å². The van der Waals surface area contributed by atoms with Crippen LogP contribution in [0.4, 0.5) is 26.3 Å². The molecule has 142 heavy (non-hydrogen) atoms. The van der Waals surface area contributed by atoms with Crippen molar-refractivity contribution in [1.29, 1.82) is 0 Å². The minimum atomic E-state index is -0.250. The molecule has 0 aliphatic heterocycles. The van der Waals surface area contributed by atoms with Gasteiger partial charge in [-0.2, -0.15) is 42.3 Å². The van der Waals surface area contributed by atoms with Crippen molar-refractivity contribution in [3.8, 4) is 34.5 Å². The van der Waals surface area contributed by atoms with Crippen LogP contribution < -0.4 is 63.7 Å². The first-order valence-electron chi connectivity index (χ1n) is 43.8. The Morgan fingerprint density at radius 3 is 0.768 bits per heavy atom. The first-order chi connectivity index (χ1) is 67.1. The molecule has 0 spiro atoms. The van der Waals surface area contributed by atoms with Gasteiger partial charge in [-0.3, -0.25) is 0 Å². The van der Waals surface area contributed by atoms with Crippen LogP contribution in [0.1, 0.15) is 172 Å². The van der Waals surface area contributed by atoms with Gasteiger partial charge in [0.2, 0.25) is 0 Å². The number of phenolic OH excluding ortho intramolecular Hbond substituents is 6. The number of rotatable bonds is 24. The Hall–Kier alpha value is -2.61. The Labute approximate surface area is 945 Å². The number of hydrogen-bond donors (Lipinski definition) is 6. The second-order valence-corrected chi connectivity index (χ2v) is 44.2. The van der Waals surface area contributed by atoms with Gasteiger partial charge in [0, 0.05) is 43.0 Å². The fraction of sp³-hybridized carbons (Fsp3) is 0.321. The molecule has 6 N–H and O–H groups in total. The predicted octanol–water partition coefficient (Wildman–Crippen LogP) is 27.1. The summed E-state index contributed by atoms with van der Waals surface area (Å²) >= 11 is 8.83. The van der Waals surface area contributed by atoms with Crippen LogP contribution in [-0.4, -0.2) is 72.9 Å². The summed E-state index contributed by atoms with van der Waals surface area (Å²) < 4.78 is 80.5. The number of hydrogen-bond acceptors (Lipinski definition) is 6. The number of benzene rings is 12. The van der Waals surface area contributed by atoms with Gasteiger partial charge in [0.15, 0.2) is 0 Å². The Balaban J connectivity index is 0.000000835. The van der Waals surface area contributed by atoms with Crippen LogP contribution >= 0.6 is 107 Å². The zero-order valence-electron chi connectivity index (χ0n) is 84.6. The Kier molecular flexibility index (Phi) is 69.0. The number of aryl methyl sites for hydroxylation is 6. The van der Waals surface area contributed by atoms with E-state index in [2.05, 4.69) is 189 Å². The fourth-order valence-corrected chi connectivity index (χ4v) is 21.6. The van der Waals surface area contributed by atoms with Gasteiger partial charge in [0.05, 0.1) is 0 Å². The maximum absolute atomic E-state index is 13.6. The van der Waals surface area contributed by atoms with Crippen molar-refractivity contribution in [2.75, 3.05) is 42.3 Å². The monoisotopic (exact) mass is 2380 g/mol. The normalized spacial score (nSPS) is 11.1. The SMILES string of the molecule is C[N-]Cc1cc(F)ccc1Pc1cc(C(C)(C)C)cc(C(C)(C)C)c1O.C[N-]Cc1cc(F)ccc1Pc1cc(C(C)(C)C)cc(C)c1O.C[N-]Cc1cc(F)ccc1Pc1cc(C)cc(C(C)(C)C)c1O.C[N-]Cc1cc(F)ccc1Pc1cc(C)cc(C)c1O.C[N-]Cc1cc(F)ccc1Pc1cc(C)ccc1O.C[N-]Cc1cc(F)ccc1Pc1cccc(C)c1O.[Cl][Ti+].[Cl][Ti+].[Cl][Ti+].[Cl][Ti+].[Cl][Ti+].[Cl][Ti+]. The fourth-order valence-electron chi connectivity index (χ4n) is 13.8. The zero-order chi connectivity index (χ0) is 108. The van der Waals surface area contributed by atoms with E-state index in [1.165, 1.54) is 194 Å². The van der Waals surface area contributed by atoms with Crippen molar-refractivity contribution in [3.63, 3.8) is 0 Å². The molecule has 0 bridgehead atoms. The quantitative estimate of drug-likeness (QED) is 0.0197. The van der Waals surface area contributed by atoms with Gasteiger partial charge in [0.1, 0.15) is 69.4 Å². The summed E-state index contributed by atoms with van der Waals surface area (Å²) in [4.78, 5) is 0. The number of halogens is 12. The van der Waals surface area contributed by atoms with Gasteiger partial charge in [-0.05, 0) is 243 Å². The van der Waals surface area contributed by atoms with E-state index in [-0.39, 0.29) is 88.1 Å². The van der Waals surface area contributed by atoms with E-state index in [1.807, 2.05) is 108 Å². The van der Waals surface area contributed by atoms with E-state index >= 15 is 0 Å². The molecule has 0 saturated heterocycles. The van der Waals surface area contributed by atoms with Crippen molar-refractivity contribution >= 4 is 171 Å². The molecule has 0 heterocycles. The molecule has 6 unspecified atom stereocenters. The first kappa shape index (κ1) is 137. The Bertz CT molecular complexity index is 5770. The van der Waals surface area contributed by atoms with Gasteiger partial charge < -0.3 is 62.5 Å². The molecule has 0 saturated carbocycles. The maximum atomic E-state index is 13.6. The third-order valence-corrected chi connectivity index (χ3v) is 29.3. The van der Waals surface area contributed by atoms with Crippen molar-refractivity contribution in [1.82, 2.24) is 0 Å². The number of aromatic hydroxyl groups is 6. The molecule has 12 nitrogen and oxygen atoms in total. The van der Waals surface area contributed by atoms with Crippen LogP contribution in [0.5, 0.6) is 34.5 Å². The molecule has 0 aliphatic carbocycles. The molecular formula is C106H128Cl6F6N6O6P6Ti6. The van der Waals surface area contributed by atoms with Gasteiger partial charge in [0.25, 0.3) is 0 Å². The number of para-hydroxylation sites is 1. The van der Waals surface area contributed by atoms with Crippen LogP contribution in [0.25, 0.3) is 31.9 Å². The van der Waals surface area contributed by atoms with E-state index in [0.29, 0.717) is 93.8 Å². The first-order valence-corrected chi connectivity index (χ1v) is 62.7. The third-order valence-electron chi connectivity index (χ3n) is 20.8. The molecule has 12 aromatic rings. The molecule has 6 atom stereocenters. The molecule has 12 rings (SSSR count). The van der Waals surface area contributed by atoms with Crippen LogP contribution in [0.2, 0.25) is 0 Å². The summed E-state index contributed by atoms with van der Waals surface area (Å²) in [5.74, 6) is 0.484. The summed E-state index contributed by atoms with van der Waals surface area (Å²) in [6, 6.07) is 56.2. The van der Waals surface area contributed by atoms with Crippen LogP contribution in [-0.2, 0) is 177 Å². The van der Waals surface area contributed by atoms with Crippen molar-refractivity contribution in [2.45, 2.75) is 186 Å². The summed E-state index contributed by atoms with van der Waals surface area (Å²) in [6.45, 7) is 40.3. The van der Waals surface area contributed by atoms with Gasteiger partial charge >= 0.3 is 172 Å². The Morgan fingerprint density at radius 2 is 0.472 bits per heavy atom. The molecule has 0 amide bonds. The molecule has 0 aliphatic rings. The average molecular weight is 2380 g/mol. The average Bonchev–Trinajstić information content (AvgIpc) is 0.757. The van der Waals surface area contributed by atoms with Crippen LogP contribution in [0.15, 0.2) is 194 Å². The van der Waals surface area contributed by atoms with Gasteiger partial charge in [-0.1, -0.05) is 258 Å². The summed E-state index contributed by atoms with van der Waals surface area (Å²) in [5, 5.41) is 98.3. The van der Waals surface area contributed by atoms with Crippen molar-refractivity contribution < 1.29 is 173 Å². The Morgan fingerprint density at radius 1 is 0.232 bits per heavy atom. The van der Waals surface area contributed by atoms with Crippen molar-refractivity contribution in [3.05, 3.63) is 350 Å². The third kappa shape index (κ3) is 47.3. The summed E-state index contributed by atoms with van der Waals surface area (Å²) in [5.41, 5.74) is 15.2. The molecule has 0 aromatic heterocycles. The summed E-state index contributed by atoms with van der Waals surface area (Å²) in [7, 11) is 39.8. The zero-order valence-corrected chi connectivity index (χ0v) is 105. The predicted molar refractivity (Wildman–Crippen MR) is 589 cm³/mol. The molecule has 0 radical (unpaired) electrons. The molecule has 0 fully saturated rings. The molecule has 12 aromatic carbocycles. The van der Waals surface area contributed by atoms with E-state index in [9.17, 15) is 57.0 Å². The molecule has 36 heteroatoms.